The van der Waals surface area contributed by atoms with Gasteiger partial charge in [0.15, 0.2) is 5.96 Å². The van der Waals surface area contributed by atoms with Crippen LogP contribution in [0.5, 0.6) is 0 Å². The minimum atomic E-state index is 0.186. The van der Waals surface area contributed by atoms with Gasteiger partial charge in [0.25, 0.3) is 0 Å². The van der Waals surface area contributed by atoms with Crippen molar-refractivity contribution in [2.45, 2.75) is 19.9 Å². The number of guanidine groups is 1. The highest BCUT2D eigenvalue weighted by molar-refractivity contribution is 6.31. The number of rotatable bonds is 3. The van der Waals surface area contributed by atoms with Crippen molar-refractivity contribution in [2.75, 3.05) is 13.1 Å². The Bertz CT molecular complexity index is 428. The SMILES string of the molecule is CC(C)CN1C(N)=NCC1c1ccccc1Cl. The van der Waals surface area contributed by atoms with Gasteiger partial charge in [0.2, 0.25) is 0 Å². The molecule has 0 aliphatic carbocycles. The van der Waals surface area contributed by atoms with Crippen LogP contribution in [0.2, 0.25) is 5.02 Å². The molecule has 1 aliphatic heterocycles. The highest BCUT2D eigenvalue weighted by atomic mass is 35.5. The zero-order valence-corrected chi connectivity index (χ0v) is 11.0. The molecule has 92 valence electrons. The van der Waals surface area contributed by atoms with Crippen molar-refractivity contribution in [3.05, 3.63) is 34.9 Å². The predicted molar refractivity (Wildman–Crippen MR) is 72.2 cm³/mol. The first-order valence-electron chi connectivity index (χ1n) is 5.90. The van der Waals surface area contributed by atoms with E-state index in [1.165, 1.54) is 0 Å². The van der Waals surface area contributed by atoms with Gasteiger partial charge in [-0.2, -0.15) is 0 Å². The zero-order chi connectivity index (χ0) is 12.4. The van der Waals surface area contributed by atoms with Crippen LogP contribution in [-0.4, -0.2) is 23.9 Å². The van der Waals surface area contributed by atoms with Crippen molar-refractivity contribution >= 4 is 17.6 Å². The Balaban J connectivity index is 2.25. The standard InChI is InChI=1S/C13H18ClN3/c1-9(2)8-17-12(7-16-13(17)15)10-5-3-4-6-11(10)14/h3-6,9,12H,7-8H2,1-2H3,(H2,15,16). The lowest BCUT2D eigenvalue weighted by atomic mass is 10.1. The second kappa shape index (κ2) is 4.96. The Labute approximate surface area is 107 Å². The van der Waals surface area contributed by atoms with Crippen molar-refractivity contribution in [1.29, 1.82) is 0 Å². The summed E-state index contributed by atoms with van der Waals surface area (Å²) in [4.78, 5) is 6.48. The molecule has 4 heteroatoms. The highest BCUT2D eigenvalue weighted by Crippen LogP contribution is 2.31. The van der Waals surface area contributed by atoms with E-state index in [9.17, 15) is 0 Å². The molecule has 0 fully saturated rings. The maximum atomic E-state index is 6.24. The molecular formula is C13H18ClN3. The quantitative estimate of drug-likeness (QED) is 0.898. The Morgan fingerprint density at radius 2 is 2.18 bits per heavy atom. The first-order valence-corrected chi connectivity index (χ1v) is 6.28. The van der Waals surface area contributed by atoms with Gasteiger partial charge in [0.05, 0.1) is 12.6 Å². The normalized spacial score (nSPS) is 19.9. The molecule has 2 rings (SSSR count). The van der Waals surface area contributed by atoms with E-state index in [1.807, 2.05) is 18.2 Å². The van der Waals surface area contributed by atoms with Crippen molar-refractivity contribution in [3.8, 4) is 0 Å². The van der Waals surface area contributed by atoms with Gasteiger partial charge in [-0.05, 0) is 17.5 Å². The smallest absolute Gasteiger partial charge is 0.191 e. The zero-order valence-electron chi connectivity index (χ0n) is 10.2. The number of aliphatic imine (C=N–C) groups is 1. The van der Waals surface area contributed by atoms with Crippen molar-refractivity contribution < 1.29 is 0 Å². The molecule has 0 radical (unpaired) electrons. The van der Waals surface area contributed by atoms with E-state index < -0.39 is 0 Å². The lowest BCUT2D eigenvalue weighted by Gasteiger charge is -2.28. The molecule has 0 aromatic heterocycles. The summed E-state index contributed by atoms with van der Waals surface area (Å²) in [5.74, 6) is 1.18. The number of nitrogens with two attached hydrogens (primary N) is 1. The monoisotopic (exact) mass is 251 g/mol. The molecule has 2 N–H and O–H groups in total. The molecule has 0 spiro atoms. The molecular weight excluding hydrogens is 234 g/mol. The molecule has 1 aromatic rings. The Kier molecular flexibility index (Phi) is 3.57. The van der Waals surface area contributed by atoms with Gasteiger partial charge in [-0.1, -0.05) is 43.6 Å². The van der Waals surface area contributed by atoms with E-state index >= 15 is 0 Å². The maximum absolute atomic E-state index is 6.24. The van der Waals surface area contributed by atoms with Gasteiger partial charge in [-0.25, -0.2) is 0 Å². The third-order valence-electron chi connectivity index (χ3n) is 2.92. The van der Waals surface area contributed by atoms with Crippen LogP contribution >= 0.6 is 11.6 Å². The fourth-order valence-corrected chi connectivity index (χ4v) is 2.42. The molecule has 17 heavy (non-hydrogen) atoms. The first-order chi connectivity index (χ1) is 8.09. The fraction of sp³-hybridized carbons (Fsp3) is 0.462. The van der Waals surface area contributed by atoms with E-state index in [2.05, 4.69) is 29.8 Å². The summed E-state index contributed by atoms with van der Waals surface area (Å²) in [5.41, 5.74) is 7.05. The number of hydrogen-bond donors (Lipinski definition) is 1. The number of hydrogen-bond acceptors (Lipinski definition) is 3. The summed E-state index contributed by atoms with van der Waals surface area (Å²) in [6, 6.07) is 8.10. The minimum Gasteiger partial charge on any atom is -0.370 e. The van der Waals surface area contributed by atoms with E-state index in [-0.39, 0.29) is 6.04 Å². The Morgan fingerprint density at radius 3 is 2.82 bits per heavy atom. The fourth-order valence-electron chi connectivity index (χ4n) is 2.15. The number of nitrogens with zero attached hydrogens (tertiary/aromatic N) is 2. The van der Waals surface area contributed by atoms with Crippen LogP contribution in [-0.2, 0) is 0 Å². The summed E-state index contributed by atoms with van der Waals surface area (Å²) < 4.78 is 0. The summed E-state index contributed by atoms with van der Waals surface area (Å²) in [6.07, 6.45) is 0. The average Bonchev–Trinajstić information content (AvgIpc) is 2.61. The lowest BCUT2D eigenvalue weighted by Crippen LogP contribution is -2.38. The van der Waals surface area contributed by atoms with Crippen molar-refractivity contribution in [3.63, 3.8) is 0 Å². The topological polar surface area (TPSA) is 41.6 Å². The van der Waals surface area contributed by atoms with E-state index in [0.717, 1.165) is 17.1 Å². The van der Waals surface area contributed by atoms with Gasteiger partial charge < -0.3 is 10.6 Å². The Hall–Kier alpha value is -1.22. The molecule has 1 aromatic carbocycles. The van der Waals surface area contributed by atoms with Crippen molar-refractivity contribution in [2.24, 2.45) is 16.6 Å². The predicted octanol–water partition coefficient (Wildman–Crippen LogP) is 2.67. The molecule has 1 unspecified atom stereocenters. The number of halogens is 1. The van der Waals surface area contributed by atoms with Crippen LogP contribution < -0.4 is 5.73 Å². The van der Waals surface area contributed by atoms with E-state index in [4.69, 9.17) is 17.3 Å². The number of benzene rings is 1. The summed E-state index contributed by atoms with van der Waals surface area (Å²) >= 11 is 6.24. The molecule has 0 amide bonds. The molecule has 0 bridgehead atoms. The molecule has 0 saturated carbocycles. The minimum absolute atomic E-state index is 0.186. The van der Waals surface area contributed by atoms with Gasteiger partial charge in [-0.15, -0.1) is 0 Å². The van der Waals surface area contributed by atoms with Crippen LogP contribution in [0.4, 0.5) is 0 Å². The largest absolute Gasteiger partial charge is 0.370 e. The van der Waals surface area contributed by atoms with Crippen LogP contribution in [0.25, 0.3) is 0 Å². The van der Waals surface area contributed by atoms with Gasteiger partial charge in [0.1, 0.15) is 0 Å². The van der Waals surface area contributed by atoms with Crippen molar-refractivity contribution in [1.82, 2.24) is 4.90 Å². The van der Waals surface area contributed by atoms with E-state index in [1.54, 1.807) is 0 Å². The molecule has 0 saturated heterocycles. The van der Waals surface area contributed by atoms with E-state index in [0.29, 0.717) is 18.4 Å². The molecule has 1 heterocycles. The van der Waals surface area contributed by atoms with Crippen LogP contribution in [0.3, 0.4) is 0 Å². The summed E-state index contributed by atoms with van der Waals surface area (Å²) in [7, 11) is 0. The summed E-state index contributed by atoms with van der Waals surface area (Å²) in [5, 5.41) is 0.788. The van der Waals surface area contributed by atoms with Gasteiger partial charge in [0, 0.05) is 11.6 Å². The van der Waals surface area contributed by atoms with Crippen LogP contribution in [0.1, 0.15) is 25.5 Å². The first kappa shape index (κ1) is 12.2. The van der Waals surface area contributed by atoms with Gasteiger partial charge in [-0.3, -0.25) is 4.99 Å². The third-order valence-corrected chi connectivity index (χ3v) is 3.27. The average molecular weight is 252 g/mol. The third kappa shape index (κ3) is 2.55. The van der Waals surface area contributed by atoms with Crippen LogP contribution in [0.15, 0.2) is 29.3 Å². The van der Waals surface area contributed by atoms with Crippen LogP contribution in [0, 0.1) is 5.92 Å². The second-order valence-electron chi connectivity index (χ2n) is 4.78. The maximum Gasteiger partial charge on any atom is 0.191 e. The highest BCUT2D eigenvalue weighted by Gasteiger charge is 2.28. The van der Waals surface area contributed by atoms with Gasteiger partial charge >= 0.3 is 0 Å². The lowest BCUT2D eigenvalue weighted by molar-refractivity contribution is 0.309. The summed E-state index contributed by atoms with van der Waals surface area (Å²) in [6.45, 7) is 5.96. The molecule has 3 nitrogen and oxygen atoms in total. The second-order valence-corrected chi connectivity index (χ2v) is 5.19. The Morgan fingerprint density at radius 1 is 1.47 bits per heavy atom. The molecule has 1 aliphatic rings. The molecule has 1 atom stereocenters.